The largest absolute Gasteiger partial charge is 0.496 e. The molecule has 176 valence electrons. The van der Waals surface area contributed by atoms with Gasteiger partial charge in [-0.1, -0.05) is 49.9 Å². The number of aromatic nitrogens is 2. The van der Waals surface area contributed by atoms with Crippen molar-refractivity contribution in [1.82, 2.24) is 19.8 Å². The molecule has 1 heterocycles. The minimum atomic E-state index is -3.60. The van der Waals surface area contributed by atoms with Crippen molar-refractivity contribution in [2.24, 2.45) is 0 Å². The molecule has 0 radical (unpaired) electrons. The Balaban J connectivity index is 1.62. The lowest BCUT2D eigenvalue weighted by Crippen LogP contribution is -2.30. The van der Waals surface area contributed by atoms with Crippen LogP contribution >= 0.6 is 11.8 Å². The summed E-state index contributed by atoms with van der Waals surface area (Å²) in [6.45, 7) is 4.68. The second kappa shape index (κ2) is 11.3. The van der Waals surface area contributed by atoms with Crippen LogP contribution in [0.5, 0.6) is 5.75 Å². The van der Waals surface area contributed by atoms with Gasteiger partial charge < -0.3 is 14.5 Å². The molecule has 11 heteroatoms. The molecule has 2 aromatic carbocycles. The minimum Gasteiger partial charge on any atom is -0.496 e. The molecule has 33 heavy (non-hydrogen) atoms. The molecule has 3 rings (SSSR count). The number of methoxy groups -OCH3 is 1. The van der Waals surface area contributed by atoms with E-state index in [9.17, 15) is 13.2 Å². The van der Waals surface area contributed by atoms with Gasteiger partial charge in [-0.3, -0.25) is 4.79 Å². The number of carbonyl (C=O) groups excluding carboxylic acids is 1. The first-order valence-electron chi connectivity index (χ1n) is 10.3. The standard InChI is InChI=1S/C22H26N4O5S2/c1-4-26(5-2)33(28,29)18-11-8-10-16(13-18)21-24-25-22(31-21)32-15-20(27)23-14-17-9-6-7-12-19(17)30-3/h6-13H,4-5,14-15H2,1-3H3,(H,23,27). The van der Waals surface area contributed by atoms with E-state index in [1.807, 2.05) is 24.3 Å². The number of rotatable bonds is 11. The zero-order chi connectivity index (χ0) is 23.8. The van der Waals surface area contributed by atoms with Gasteiger partial charge in [0.1, 0.15) is 5.75 Å². The van der Waals surface area contributed by atoms with Gasteiger partial charge in [-0.25, -0.2) is 8.42 Å². The average molecular weight is 491 g/mol. The molecular weight excluding hydrogens is 464 g/mol. The van der Waals surface area contributed by atoms with Crippen molar-refractivity contribution in [3.05, 3.63) is 54.1 Å². The molecular formula is C22H26N4O5S2. The van der Waals surface area contributed by atoms with Crippen LogP contribution in [0.2, 0.25) is 0 Å². The second-order valence-electron chi connectivity index (χ2n) is 6.87. The van der Waals surface area contributed by atoms with E-state index in [0.29, 0.717) is 30.9 Å². The van der Waals surface area contributed by atoms with Crippen LogP contribution in [0.25, 0.3) is 11.5 Å². The Morgan fingerprint density at radius 3 is 2.61 bits per heavy atom. The molecule has 9 nitrogen and oxygen atoms in total. The first-order chi connectivity index (χ1) is 15.9. The lowest BCUT2D eigenvalue weighted by molar-refractivity contribution is -0.118. The molecule has 1 amide bonds. The van der Waals surface area contributed by atoms with Crippen molar-refractivity contribution >= 4 is 27.7 Å². The van der Waals surface area contributed by atoms with Gasteiger partial charge in [0, 0.05) is 30.8 Å². The van der Waals surface area contributed by atoms with Gasteiger partial charge in [-0.05, 0) is 24.3 Å². The third-order valence-corrected chi connectivity index (χ3v) is 7.69. The Morgan fingerprint density at radius 1 is 1.12 bits per heavy atom. The van der Waals surface area contributed by atoms with Crippen LogP contribution < -0.4 is 10.1 Å². The normalized spacial score (nSPS) is 11.5. The van der Waals surface area contributed by atoms with E-state index >= 15 is 0 Å². The molecule has 0 unspecified atom stereocenters. The van der Waals surface area contributed by atoms with E-state index in [4.69, 9.17) is 9.15 Å². The highest BCUT2D eigenvalue weighted by molar-refractivity contribution is 7.99. The van der Waals surface area contributed by atoms with Crippen molar-refractivity contribution in [2.45, 2.75) is 30.5 Å². The lowest BCUT2D eigenvalue weighted by atomic mass is 10.2. The van der Waals surface area contributed by atoms with Crippen LogP contribution in [0.1, 0.15) is 19.4 Å². The molecule has 0 fully saturated rings. The van der Waals surface area contributed by atoms with Gasteiger partial charge in [0.25, 0.3) is 5.22 Å². The maximum Gasteiger partial charge on any atom is 0.277 e. The summed E-state index contributed by atoms with van der Waals surface area (Å²) in [7, 11) is -2.02. The topological polar surface area (TPSA) is 115 Å². The van der Waals surface area contributed by atoms with Gasteiger partial charge in [0.05, 0.1) is 17.8 Å². The quantitative estimate of drug-likeness (QED) is 0.408. The minimum absolute atomic E-state index is 0.0904. The molecule has 0 bridgehead atoms. The van der Waals surface area contributed by atoms with E-state index in [-0.39, 0.29) is 27.7 Å². The van der Waals surface area contributed by atoms with Crippen molar-refractivity contribution in [3.8, 4) is 17.2 Å². The second-order valence-corrected chi connectivity index (χ2v) is 9.73. The number of hydrogen-bond donors (Lipinski definition) is 1. The highest BCUT2D eigenvalue weighted by Crippen LogP contribution is 2.26. The molecule has 0 aliphatic carbocycles. The number of benzene rings is 2. The summed E-state index contributed by atoms with van der Waals surface area (Å²) >= 11 is 1.10. The predicted octanol–water partition coefficient (Wildman–Crippen LogP) is 3.18. The third kappa shape index (κ3) is 6.12. The van der Waals surface area contributed by atoms with Gasteiger partial charge in [0.2, 0.25) is 21.8 Å². The fourth-order valence-electron chi connectivity index (χ4n) is 3.11. The number of sulfonamides is 1. The Labute approximate surface area is 197 Å². The molecule has 0 aliphatic rings. The van der Waals surface area contributed by atoms with E-state index in [0.717, 1.165) is 17.3 Å². The zero-order valence-corrected chi connectivity index (χ0v) is 20.3. The van der Waals surface area contributed by atoms with Crippen LogP contribution in [0.3, 0.4) is 0 Å². The summed E-state index contributed by atoms with van der Waals surface area (Å²) in [6, 6.07) is 13.8. The average Bonchev–Trinajstić information content (AvgIpc) is 3.31. The molecule has 0 saturated heterocycles. The fraction of sp³-hybridized carbons (Fsp3) is 0.318. The molecule has 1 N–H and O–H groups in total. The van der Waals surface area contributed by atoms with Gasteiger partial charge in [-0.2, -0.15) is 4.31 Å². The van der Waals surface area contributed by atoms with Crippen LogP contribution in [0.15, 0.2) is 63.1 Å². The number of hydrogen-bond acceptors (Lipinski definition) is 8. The van der Waals surface area contributed by atoms with Crippen LogP contribution in [0.4, 0.5) is 0 Å². The summed E-state index contributed by atoms with van der Waals surface area (Å²) in [5, 5.41) is 11.0. The SMILES string of the molecule is CCN(CC)S(=O)(=O)c1cccc(-c2nnc(SCC(=O)NCc3ccccc3OC)o2)c1. The highest BCUT2D eigenvalue weighted by atomic mass is 32.2. The maximum atomic E-state index is 12.8. The number of para-hydroxylation sites is 1. The number of carbonyl (C=O) groups is 1. The fourth-order valence-corrected chi connectivity index (χ4v) is 5.21. The van der Waals surface area contributed by atoms with Gasteiger partial charge in [-0.15, -0.1) is 10.2 Å². The molecule has 1 aromatic heterocycles. The summed E-state index contributed by atoms with van der Waals surface area (Å²) in [5.74, 6) is 0.784. The van der Waals surface area contributed by atoms with Crippen molar-refractivity contribution < 1.29 is 22.4 Å². The maximum absolute atomic E-state index is 12.8. The van der Waals surface area contributed by atoms with Gasteiger partial charge >= 0.3 is 0 Å². The van der Waals surface area contributed by atoms with Crippen molar-refractivity contribution in [1.29, 1.82) is 0 Å². The molecule has 0 aliphatic heterocycles. The molecule has 0 saturated carbocycles. The number of ether oxygens (including phenoxy) is 1. The number of nitrogens with one attached hydrogen (secondary N) is 1. The smallest absolute Gasteiger partial charge is 0.277 e. The number of nitrogens with zero attached hydrogens (tertiary/aromatic N) is 3. The lowest BCUT2D eigenvalue weighted by Gasteiger charge is -2.18. The van der Waals surface area contributed by atoms with E-state index in [2.05, 4.69) is 15.5 Å². The first kappa shape index (κ1) is 24.7. The van der Waals surface area contributed by atoms with E-state index in [1.54, 1.807) is 33.1 Å². The van der Waals surface area contributed by atoms with Crippen molar-refractivity contribution in [3.63, 3.8) is 0 Å². The number of thioether (sulfide) groups is 1. The summed E-state index contributed by atoms with van der Waals surface area (Å²) in [5.41, 5.74) is 1.36. The first-order valence-corrected chi connectivity index (χ1v) is 12.8. The van der Waals surface area contributed by atoms with Crippen LogP contribution in [0, 0.1) is 0 Å². The summed E-state index contributed by atoms with van der Waals surface area (Å²) < 4.78 is 37.8. The summed E-state index contributed by atoms with van der Waals surface area (Å²) in [6.07, 6.45) is 0. The Hall–Kier alpha value is -2.89. The van der Waals surface area contributed by atoms with E-state index < -0.39 is 10.0 Å². The molecule has 3 aromatic rings. The van der Waals surface area contributed by atoms with Crippen LogP contribution in [-0.4, -0.2) is 54.8 Å². The monoisotopic (exact) mass is 490 g/mol. The third-order valence-electron chi connectivity index (χ3n) is 4.83. The Morgan fingerprint density at radius 2 is 1.88 bits per heavy atom. The summed E-state index contributed by atoms with van der Waals surface area (Å²) in [4.78, 5) is 12.4. The molecule has 0 atom stereocenters. The van der Waals surface area contributed by atoms with Gasteiger partial charge in [0.15, 0.2) is 0 Å². The van der Waals surface area contributed by atoms with Crippen LogP contribution in [-0.2, 0) is 21.4 Å². The zero-order valence-electron chi connectivity index (χ0n) is 18.6. The Bertz CT molecular complexity index is 1190. The Kier molecular flexibility index (Phi) is 8.48. The highest BCUT2D eigenvalue weighted by Gasteiger charge is 2.22. The molecule has 0 spiro atoms. The van der Waals surface area contributed by atoms with Crippen molar-refractivity contribution in [2.75, 3.05) is 26.0 Å². The van der Waals surface area contributed by atoms with E-state index in [1.165, 1.54) is 16.4 Å². The predicted molar refractivity (Wildman–Crippen MR) is 125 cm³/mol. The number of amides is 1.